The summed E-state index contributed by atoms with van der Waals surface area (Å²) < 4.78 is 4.68. The molecule has 1 atom stereocenters. The number of carbonyl (C=O) groups excluding carboxylic acids is 1. The Kier molecular flexibility index (Phi) is 2.51. The second-order valence-electron chi connectivity index (χ2n) is 2.13. The Bertz CT molecular complexity index is 192. The molecule has 0 N–H and O–H groups in total. The summed E-state index contributed by atoms with van der Waals surface area (Å²) in [4.78, 5) is 15.6. The maximum Gasteiger partial charge on any atom is 0.350 e. The van der Waals surface area contributed by atoms with Crippen LogP contribution in [-0.2, 0) is 14.4 Å². The van der Waals surface area contributed by atoms with E-state index in [4.69, 9.17) is 7.85 Å². The molecule has 0 aromatic heterocycles. The van der Waals surface area contributed by atoms with Gasteiger partial charge in [0.2, 0.25) is 6.10 Å². The van der Waals surface area contributed by atoms with Crippen molar-refractivity contribution in [3.63, 3.8) is 0 Å². The third-order valence-corrected chi connectivity index (χ3v) is 1.24. The van der Waals surface area contributed by atoms with Crippen molar-refractivity contribution in [2.45, 2.75) is 19.4 Å². The number of esters is 1. The SMILES string of the molecule is [B]C1=NOC(C(=O)OCC)C1. The first-order valence-corrected chi connectivity index (χ1v) is 3.39. The van der Waals surface area contributed by atoms with Gasteiger partial charge in [0.05, 0.1) is 6.61 Å². The van der Waals surface area contributed by atoms with Crippen LogP contribution in [0.25, 0.3) is 0 Å². The van der Waals surface area contributed by atoms with Crippen molar-refractivity contribution >= 4 is 19.4 Å². The van der Waals surface area contributed by atoms with Crippen LogP contribution in [0.1, 0.15) is 13.3 Å². The van der Waals surface area contributed by atoms with Crippen molar-refractivity contribution in [2.75, 3.05) is 6.61 Å². The highest BCUT2D eigenvalue weighted by molar-refractivity contribution is 6.60. The number of hydrogen-bond acceptors (Lipinski definition) is 4. The predicted molar refractivity (Wildman–Crippen MR) is 39.3 cm³/mol. The van der Waals surface area contributed by atoms with Crippen LogP contribution in [0.3, 0.4) is 0 Å². The maximum atomic E-state index is 10.9. The van der Waals surface area contributed by atoms with Crippen molar-refractivity contribution in [3.05, 3.63) is 0 Å². The van der Waals surface area contributed by atoms with Gasteiger partial charge >= 0.3 is 5.97 Å². The van der Waals surface area contributed by atoms with Crippen molar-refractivity contribution in [1.29, 1.82) is 0 Å². The Morgan fingerprint density at radius 3 is 3.18 bits per heavy atom. The van der Waals surface area contributed by atoms with Crippen LogP contribution in [0.15, 0.2) is 5.16 Å². The van der Waals surface area contributed by atoms with Gasteiger partial charge in [0.1, 0.15) is 7.85 Å². The Hall–Kier alpha value is -0.995. The zero-order valence-electron chi connectivity index (χ0n) is 6.24. The van der Waals surface area contributed by atoms with Gasteiger partial charge in [-0.15, -0.1) is 5.16 Å². The Morgan fingerprint density at radius 1 is 2.00 bits per heavy atom. The molecule has 0 spiro atoms. The lowest BCUT2D eigenvalue weighted by molar-refractivity contribution is -0.154. The van der Waals surface area contributed by atoms with Crippen LogP contribution >= 0.6 is 0 Å². The fourth-order valence-electron chi connectivity index (χ4n) is 0.757. The number of carbonyl (C=O) groups is 1. The van der Waals surface area contributed by atoms with Gasteiger partial charge in [0.25, 0.3) is 0 Å². The van der Waals surface area contributed by atoms with Gasteiger partial charge in [-0.2, -0.15) is 0 Å². The number of ether oxygens (including phenoxy) is 1. The molecule has 0 saturated carbocycles. The second kappa shape index (κ2) is 3.41. The summed E-state index contributed by atoms with van der Waals surface area (Å²) in [6, 6.07) is 0. The van der Waals surface area contributed by atoms with Crippen LogP contribution in [-0.4, -0.2) is 32.1 Å². The molecule has 5 heteroatoms. The van der Waals surface area contributed by atoms with E-state index in [9.17, 15) is 4.79 Å². The van der Waals surface area contributed by atoms with E-state index < -0.39 is 12.1 Å². The van der Waals surface area contributed by atoms with Gasteiger partial charge in [-0.3, -0.25) is 0 Å². The number of hydrogen-bond donors (Lipinski definition) is 0. The summed E-state index contributed by atoms with van der Waals surface area (Å²) in [6.45, 7) is 2.08. The smallest absolute Gasteiger partial charge is 0.350 e. The van der Waals surface area contributed by atoms with E-state index in [1.54, 1.807) is 6.92 Å². The van der Waals surface area contributed by atoms with Crippen molar-refractivity contribution in [3.8, 4) is 0 Å². The molecule has 2 radical (unpaired) electrons. The fourth-order valence-corrected chi connectivity index (χ4v) is 0.757. The van der Waals surface area contributed by atoms with Gasteiger partial charge in [0.15, 0.2) is 0 Å². The molecule has 4 nitrogen and oxygen atoms in total. The van der Waals surface area contributed by atoms with Crippen LogP contribution in [0, 0.1) is 0 Å². The number of nitrogens with zero attached hydrogens (tertiary/aromatic N) is 1. The topological polar surface area (TPSA) is 47.9 Å². The summed E-state index contributed by atoms with van der Waals surface area (Å²) in [5, 5.41) is 3.41. The first-order chi connectivity index (χ1) is 5.24. The molecular formula is C6H8BNO3. The molecule has 11 heavy (non-hydrogen) atoms. The number of oxime groups is 1. The zero-order valence-corrected chi connectivity index (χ0v) is 6.24. The summed E-state index contributed by atoms with van der Waals surface area (Å²) >= 11 is 0. The van der Waals surface area contributed by atoms with Crippen LogP contribution in [0.5, 0.6) is 0 Å². The summed E-state index contributed by atoms with van der Waals surface area (Å²) in [6.07, 6.45) is -0.298. The minimum absolute atomic E-state index is 0.332. The molecule has 0 aromatic rings. The van der Waals surface area contributed by atoms with E-state index in [0.29, 0.717) is 18.6 Å². The highest BCUT2D eigenvalue weighted by atomic mass is 16.7. The zero-order chi connectivity index (χ0) is 8.27. The minimum atomic E-state index is -0.630. The molecule has 1 heterocycles. The molecule has 0 fully saturated rings. The molecule has 0 amide bonds. The quantitative estimate of drug-likeness (QED) is 0.408. The average molecular weight is 153 g/mol. The standard InChI is InChI=1S/C6H8BNO3/c1-2-10-6(9)4-3-5(7)8-11-4/h4H,2-3H2,1H3. The Balaban J connectivity index is 2.34. The van der Waals surface area contributed by atoms with Crippen molar-refractivity contribution < 1.29 is 14.4 Å². The van der Waals surface area contributed by atoms with E-state index in [0.717, 1.165) is 0 Å². The number of rotatable bonds is 2. The highest BCUT2D eigenvalue weighted by Crippen LogP contribution is 2.09. The molecule has 0 aliphatic carbocycles. The summed E-state index contributed by atoms with van der Waals surface area (Å²) in [5.74, 6) is -0.406. The third kappa shape index (κ3) is 1.96. The molecule has 0 bridgehead atoms. The molecule has 58 valence electrons. The van der Waals surface area contributed by atoms with Gasteiger partial charge < -0.3 is 9.57 Å². The van der Waals surface area contributed by atoms with Gasteiger partial charge in [-0.1, -0.05) is 0 Å². The lowest BCUT2D eigenvalue weighted by atomic mass is 9.96. The first-order valence-electron chi connectivity index (χ1n) is 3.39. The lowest BCUT2D eigenvalue weighted by Crippen LogP contribution is -2.23. The molecular weight excluding hydrogens is 145 g/mol. The summed E-state index contributed by atoms with van der Waals surface area (Å²) in [5.41, 5.74) is 0.336. The minimum Gasteiger partial charge on any atom is -0.463 e. The maximum absolute atomic E-state index is 10.9. The van der Waals surface area contributed by atoms with Crippen molar-refractivity contribution in [1.82, 2.24) is 0 Å². The highest BCUT2D eigenvalue weighted by Gasteiger charge is 2.26. The monoisotopic (exact) mass is 153 g/mol. The Morgan fingerprint density at radius 2 is 2.73 bits per heavy atom. The molecule has 1 aliphatic heterocycles. The first kappa shape index (κ1) is 8.10. The van der Waals surface area contributed by atoms with E-state index in [-0.39, 0.29) is 0 Å². The van der Waals surface area contributed by atoms with E-state index in [2.05, 4.69) is 14.7 Å². The molecule has 1 rings (SSSR count). The Labute approximate surface area is 65.9 Å². The molecule has 1 aliphatic rings. The van der Waals surface area contributed by atoms with Crippen molar-refractivity contribution in [2.24, 2.45) is 5.16 Å². The van der Waals surface area contributed by atoms with Crippen LogP contribution < -0.4 is 0 Å². The summed E-state index contributed by atoms with van der Waals surface area (Å²) in [7, 11) is 5.28. The van der Waals surface area contributed by atoms with E-state index in [1.165, 1.54) is 0 Å². The van der Waals surface area contributed by atoms with E-state index >= 15 is 0 Å². The second-order valence-corrected chi connectivity index (χ2v) is 2.13. The molecule has 1 unspecified atom stereocenters. The van der Waals surface area contributed by atoms with Gasteiger partial charge in [-0.05, 0) is 6.92 Å². The molecule has 0 saturated heterocycles. The lowest BCUT2D eigenvalue weighted by Gasteiger charge is -2.05. The van der Waals surface area contributed by atoms with Gasteiger partial charge in [0, 0.05) is 12.0 Å². The van der Waals surface area contributed by atoms with Gasteiger partial charge in [-0.25, -0.2) is 4.79 Å². The van der Waals surface area contributed by atoms with E-state index in [1.807, 2.05) is 0 Å². The average Bonchev–Trinajstić information content (AvgIpc) is 2.36. The normalized spacial score (nSPS) is 22.3. The van der Waals surface area contributed by atoms with Crippen LogP contribution in [0.2, 0.25) is 0 Å². The molecule has 0 aromatic carbocycles. The predicted octanol–water partition coefficient (Wildman–Crippen LogP) is -0.180. The van der Waals surface area contributed by atoms with Crippen LogP contribution in [0.4, 0.5) is 0 Å². The largest absolute Gasteiger partial charge is 0.463 e. The third-order valence-electron chi connectivity index (χ3n) is 1.24. The fraction of sp³-hybridized carbons (Fsp3) is 0.667.